The molecule has 8 amide bonds. The highest BCUT2D eigenvalue weighted by atomic mass is 32.1. The second-order valence-electron chi connectivity index (χ2n) is 20.3. The number of nitrogens with one attached hydrogen (secondary N) is 8. The fraction of sp³-hybridized carbons (Fsp3) is 0.254. The lowest BCUT2D eigenvalue weighted by atomic mass is 9.89. The average Bonchev–Trinajstić information content (AvgIpc) is 1.80. The summed E-state index contributed by atoms with van der Waals surface area (Å²) < 4.78 is 0. The Morgan fingerprint density at radius 3 is 1.27 bits per heavy atom. The molecular weight excluding hydrogens is 1180 g/mol. The van der Waals surface area contributed by atoms with E-state index in [1.807, 2.05) is 87.0 Å². The number of carbonyl (C=O) groups excluding carboxylic acids is 4. The van der Waals surface area contributed by atoms with Gasteiger partial charge in [-0.05, 0) is 155 Å². The van der Waals surface area contributed by atoms with E-state index in [1.54, 1.807) is 78.6 Å². The van der Waals surface area contributed by atoms with Crippen LogP contribution in [0.3, 0.4) is 0 Å². The third-order valence-corrected chi connectivity index (χ3v) is 13.8. The van der Waals surface area contributed by atoms with Crippen molar-refractivity contribution < 1.29 is 19.2 Å². The average molecular weight is 1250 g/mol. The van der Waals surface area contributed by atoms with E-state index in [9.17, 15) is 19.2 Å². The molecular formula is C67H66N20O4S. The highest BCUT2D eigenvalue weighted by molar-refractivity contribution is 7.08. The van der Waals surface area contributed by atoms with Crippen LogP contribution in [-0.4, -0.2) is 110 Å². The van der Waals surface area contributed by atoms with E-state index < -0.39 is 0 Å². The Bertz CT molecular complexity index is 4430. The van der Waals surface area contributed by atoms with Crippen molar-refractivity contribution in [3.63, 3.8) is 0 Å². The third kappa shape index (κ3) is 20.8. The predicted octanol–water partition coefficient (Wildman–Crippen LogP) is 10.9. The molecule has 10 aromatic rings. The van der Waals surface area contributed by atoms with Crippen molar-refractivity contribution in [1.29, 1.82) is 0 Å². The number of rotatable bonds is 10. The van der Waals surface area contributed by atoms with Crippen LogP contribution in [0.1, 0.15) is 107 Å². The van der Waals surface area contributed by atoms with Crippen LogP contribution in [0.4, 0.5) is 42.4 Å². The summed E-state index contributed by atoms with van der Waals surface area (Å²) in [6.07, 6.45) is 19.8. The van der Waals surface area contributed by atoms with Crippen molar-refractivity contribution in [2.75, 3.05) is 47.4 Å². The minimum atomic E-state index is -0.308. The van der Waals surface area contributed by atoms with Gasteiger partial charge in [0, 0.05) is 48.6 Å². The van der Waals surface area contributed by atoms with Crippen LogP contribution in [0.2, 0.25) is 0 Å². The van der Waals surface area contributed by atoms with Crippen LogP contribution in [0.15, 0.2) is 127 Å². The summed E-state index contributed by atoms with van der Waals surface area (Å²) in [6, 6.07) is 24.3. The molecule has 92 heavy (non-hydrogen) atoms. The van der Waals surface area contributed by atoms with E-state index in [2.05, 4.69) is 144 Å². The van der Waals surface area contributed by atoms with E-state index in [-0.39, 0.29) is 24.1 Å². The quantitative estimate of drug-likeness (QED) is 0.0590. The third-order valence-electron chi connectivity index (χ3n) is 13.1. The number of nitrogens with zero attached hydrogens (tertiary/aromatic N) is 12. The zero-order valence-electron chi connectivity index (χ0n) is 51.0. The maximum atomic E-state index is 11.6. The van der Waals surface area contributed by atoms with Gasteiger partial charge in [-0.15, -0.1) is 0 Å². The molecule has 12 rings (SSSR count). The Morgan fingerprint density at radius 2 is 0.859 bits per heavy atom. The summed E-state index contributed by atoms with van der Waals surface area (Å²) in [5, 5.41) is 25.2. The topological polar surface area (TPSA) is 319 Å². The minimum absolute atomic E-state index is 0.273. The molecule has 24 nitrogen and oxygen atoms in total. The highest BCUT2D eigenvalue weighted by Crippen LogP contribution is 2.28. The van der Waals surface area contributed by atoms with Gasteiger partial charge in [-0.2, -0.15) is 11.3 Å². The zero-order chi connectivity index (χ0) is 64.3. The maximum Gasteiger partial charge on any atom is 0.320 e. The first-order chi connectivity index (χ1) is 45.0. The van der Waals surface area contributed by atoms with Crippen LogP contribution >= 0.6 is 11.3 Å². The molecule has 0 bridgehead atoms. The van der Waals surface area contributed by atoms with E-state index in [0.29, 0.717) is 123 Å². The number of thiophene rings is 1. The number of hydrogen-bond acceptors (Lipinski definition) is 17. The summed E-state index contributed by atoms with van der Waals surface area (Å²) in [4.78, 5) is 98.3. The van der Waals surface area contributed by atoms with Crippen molar-refractivity contribution in [1.82, 2.24) is 81.1 Å². The van der Waals surface area contributed by atoms with E-state index >= 15 is 0 Å². The van der Waals surface area contributed by atoms with Gasteiger partial charge in [0.25, 0.3) is 0 Å². The van der Waals surface area contributed by atoms with E-state index in [0.717, 1.165) is 16.8 Å². The highest BCUT2D eigenvalue weighted by Gasteiger charge is 2.18. The smallest absolute Gasteiger partial charge is 0.320 e. The molecule has 9 aromatic heterocycles. The molecule has 464 valence electrons. The van der Waals surface area contributed by atoms with Gasteiger partial charge in [-0.3, -0.25) is 26.3 Å². The lowest BCUT2D eigenvalue weighted by molar-refractivity contribution is 0.251. The van der Waals surface area contributed by atoms with Crippen molar-refractivity contribution in [2.45, 2.75) is 72.6 Å². The SMILES string of the molecule is CCNC(=O)Nc1ccc2ncc(/C=C/C3CCCCC3)nc2n1.CCNC(=O)Nc1ccc2ncc(C#CC3CC3)nc2n1.CCNC(=O)Nc1ccc2ncc(C#Cc3ccccc3)nc2n1.CCNC(=O)Nc1ccc2ncc(C#Cc3ccsc3)nc2n1. The Labute approximate surface area is 535 Å². The van der Waals surface area contributed by atoms with Gasteiger partial charge in [-0.25, -0.2) is 74.0 Å². The standard InChI is InChI=1S/C18H23N5O.C18H15N5O.C16H13N5OS.C15H15N5O/c2*1-2-19-18(24)23-16-11-10-15-17(22-16)21-14(12-20-15)9-8-13-6-4-3-5-7-13;1-2-17-16(22)21-14-6-5-13-15(20-14)19-12(9-18-13)4-3-11-7-8-23-10-11;1-2-16-15(21)20-13-8-7-12-14(19-13)18-11(9-17-12)6-5-10-3-4-10/h8-13H,2-7H2,1H3,(H2,19,21,22,23,24);3-7,10-12H,2H2,1H3,(H2,19,21,22,23,24);5-10H,2H2,1H3,(H2,17,19,20,21,22);7-10H,2-4H2,1H3,(H2,16,18,19,20,21)/b9-8+;;;. The number of aromatic nitrogens is 12. The van der Waals surface area contributed by atoms with Gasteiger partial charge < -0.3 is 21.3 Å². The molecule has 0 atom stereocenters. The molecule has 2 fully saturated rings. The Morgan fingerprint density at radius 1 is 0.446 bits per heavy atom. The lowest BCUT2D eigenvalue weighted by Gasteiger charge is -2.17. The number of anilines is 4. The molecule has 1 aromatic carbocycles. The number of amides is 8. The van der Waals surface area contributed by atoms with Crippen LogP contribution in [0, 0.1) is 47.4 Å². The molecule has 0 saturated heterocycles. The summed E-state index contributed by atoms with van der Waals surface area (Å²) in [6.45, 7) is 9.61. The van der Waals surface area contributed by atoms with E-state index in [1.165, 1.54) is 44.9 Å². The Balaban J connectivity index is 0.000000145. The Hall–Kier alpha value is -11.6. The molecule has 2 aliphatic carbocycles. The van der Waals surface area contributed by atoms with Gasteiger partial charge in [0.1, 0.15) is 62.4 Å². The largest absolute Gasteiger partial charge is 0.338 e. The number of hydrogen-bond donors (Lipinski definition) is 8. The molecule has 2 aliphatic rings. The number of carbonyl (C=O) groups is 4. The molecule has 2 saturated carbocycles. The molecule has 8 N–H and O–H groups in total. The van der Waals surface area contributed by atoms with Gasteiger partial charge in [0.05, 0.1) is 30.5 Å². The monoisotopic (exact) mass is 1250 g/mol. The van der Waals surface area contributed by atoms with Gasteiger partial charge in [-0.1, -0.05) is 61.3 Å². The van der Waals surface area contributed by atoms with E-state index in [4.69, 9.17) is 0 Å². The van der Waals surface area contributed by atoms with Crippen molar-refractivity contribution >= 4 is 109 Å². The fourth-order valence-corrected chi connectivity index (χ4v) is 9.11. The molecule has 9 heterocycles. The fourth-order valence-electron chi connectivity index (χ4n) is 8.52. The molecule has 0 spiro atoms. The van der Waals surface area contributed by atoms with Crippen molar-refractivity contribution in [3.8, 4) is 35.5 Å². The molecule has 0 aliphatic heterocycles. The summed E-state index contributed by atoms with van der Waals surface area (Å²) in [5.74, 6) is 21.0. The maximum absolute atomic E-state index is 11.6. The van der Waals surface area contributed by atoms with Crippen molar-refractivity contribution in [3.05, 3.63) is 160 Å². The summed E-state index contributed by atoms with van der Waals surface area (Å²) in [5.41, 5.74) is 8.88. The lowest BCUT2D eigenvalue weighted by Crippen LogP contribution is -2.28. The first kappa shape index (κ1) is 64.8. The van der Waals surface area contributed by atoms with Gasteiger partial charge >= 0.3 is 24.1 Å². The minimum Gasteiger partial charge on any atom is -0.338 e. The summed E-state index contributed by atoms with van der Waals surface area (Å²) >= 11 is 1.59. The van der Waals surface area contributed by atoms with Crippen LogP contribution in [0.5, 0.6) is 0 Å². The number of urea groups is 4. The zero-order valence-corrected chi connectivity index (χ0v) is 51.9. The van der Waals surface area contributed by atoms with Crippen molar-refractivity contribution in [2.24, 2.45) is 11.8 Å². The van der Waals surface area contributed by atoms with Crippen LogP contribution in [-0.2, 0) is 0 Å². The number of allylic oxidation sites excluding steroid dienone is 1. The van der Waals surface area contributed by atoms with Crippen LogP contribution in [0.25, 0.3) is 50.7 Å². The number of fused-ring (bicyclic) bond motifs is 4. The van der Waals surface area contributed by atoms with Crippen LogP contribution < -0.4 is 42.5 Å². The Kier molecular flexibility index (Phi) is 23.7. The summed E-state index contributed by atoms with van der Waals surface area (Å²) in [7, 11) is 0. The molecule has 25 heteroatoms. The molecule has 0 unspecified atom stereocenters. The molecule has 0 radical (unpaired) electrons. The normalized spacial score (nSPS) is 12.2. The first-order valence-corrected chi connectivity index (χ1v) is 31.0. The number of benzene rings is 1. The predicted molar refractivity (Wildman–Crippen MR) is 358 cm³/mol. The first-order valence-electron chi connectivity index (χ1n) is 30.0. The second kappa shape index (κ2) is 33.7. The van der Waals surface area contributed by atoms with Gasteiger partial charge in [0.2, 0.25) is 0 Å². The second-order valence-corrected chi connectivity index (χ2v) is 21.1. The number of pyridine rings is 4. The van der Waals surface area contributed by atoms with Gasteiger partial charge in [0.15, 0.2) is 22.6 Å².